The molecule has 5 fully saturated rings. The van der Waals surface area contributed by atoms with Gasteiger partial charge in [-0.25, -0.2) is 4.79 Å². The Labute approximate surface area is 178 Å². The third-order valence-corrected chi connectivity index (χ3v) is 9.33. The fraction of sp³-hybridized carbons (Fsp3) is 0.680. The second-order valence-electron chi connectivity index (χ2n) is 10.9. The Bertz CT molecular complexity index is 845. The van der Waals surface area contributed by atoms with Crippen molar-refractivity contribution in [1.29, 1.82) is 0 Å². The third-order valence-electron chi connectivity index (χ3n) is 9.33. The average Bonchev–Trinajstić information content (AvgIpc) is 3.05. The molecule has 0 aromatic heterocycles. The van der Waals surface area contributed by atoms with Crippen LogP contribution in [0.25, 0.3) is 0 Å². The zero-order valence-electron chi connectivity index (χ0n) is 17.6. The first-order valence-corrected chi connectivity index (χ1v) is 11.9. The molecule has 5 heteroatoms. The van der Waals surface area contributed by atoms with E-state index in [1.54, 1.807) is 0 Å². The van der Waals surface area contributed by atoms with Gasteiger partial charge < -0.3 is 15.3 Å². The fourth-order valence-electron chi connectivity index (χ4n) is 8.12. The highest BCUT2D eigenvalue weighted by Gasteiger charge is 2.50. The SMILES string of the molecule is O=C(O)[C@@H]1CC2(CCN(C(=O)NC3C4CC5CC(C4)CC3C5)CC2)c2ccccc21. The number of carboxylic acids is 1. The maximum Gasteiger partial charge on any atom is 0.317 e. The number of likely N-dealkylation sites (tertiary alicyclic amines) is 1. The zero-order chi connectivity index (χ0) is 20.5. The van der Waals surface area contributed by atoms with Gasteiger partial charge in [-0.2, -0.15) is 0 Å². The Morgan fingerprint density at radius 1 is 0.967 bits per heavy atom. The number of piperidine rings is 1. The molecular formula is C25H32N2O3. The molecule has 30 heavy (non-hydrogen) atoms. The van der Waals surface area contributed by atoms with E-state index < -0.39 is 11.9 Å². The maximum atomic E-state index is 13.1. The van der Waals surface area contributed by atoms with Crippen LogP contribution in [0.3, 0.4) is 0 Å². The van der Waals surface area contributed by atoms with E-state index in [4.69, 9.17) is 0 Å². The number of hydrogen-bond acceptors (Lipinski definition) is 2. The Morgan fingerprint density at radius 2 is 1.60 bits per heavy atom. The summed E-state index contributed by atoms with van der Waals surface area (Å²) in [5, 5.41) is 13.2. The molecule has 1 spiro atoms. The van der Waals surface area contributed by atoms with Crippen LogP contribution >= 0.6 is 0 Å². The Hall–Kier alpha value is -2.04. The number of hydrogen-bond donors (Lipinski definition) is 2. The molecule has 1 saturated heterocycles. The fourth-order valence-corrected chi connectivity index (χ4v) is 8.12. The summed E-state index contributed by atoms with van der Waals surface area (Å²) in [4.78, 5) is 27.0. The van der Waals surface area contributed by atoms with Crippen LogP contribution in [0.15, 0.2) is 24.3 Å². The van der Waals surface area contributed by atoms with Gasteiger partial charge in [0.2, 0.25) is 0 Å². The quantitative estimate of drug-likeness (QED) is 0.773. The lowest BCUT2D eigenvalue weighted by molar-refractivity contribution is -0.139. The molecular weight excluding hydrogens is 376 g/mol. The summed E-state index contributed by atoms with van der Waals surface area (Å²) >= 11 is 0. The highest BCUT2D eigenvalue weighted by molar-refractivity contribution is 5.79. The first kappa shape index (κ1) is 18.7. The molecule has 5 nitrogen and oxygen atoms in total. The summed E-state index contributed by atoms with van der Waals surface area (Å²) in [6, 6.07) is 8.56. The average molecular weight is 409 g/mol. The van der Waals surface area contributed by atoms with E-state index in [0.29, 0.717) is 24.3 Å². The number of nitrogens with zero attached hydrogens (tertiary/aromatic N) is 1. The number of carbonyl (C=O) groups is 2. The lowest BCUT2D eigenvalue weighted by atomic mass is 9.54. The molecule has 0 unspecified atom stereocenters. The normalized spacial score (nSPS) is 37.9. The predicted molar refractivity (Wildman–Crippen MR) is 113 cm³/mol. The van der Waals surface area contributed by atoms with E-state index in [1.165, 1.54) is 37.7 Å². The topological polar surface area (TPSA) is 69.6 Å². The molecule has 1 aliphatic heterocycles. The zero-order valence-corrected chi connectivity index (χ0v) is 17.6. The minimum absolute atomic E-state index is 0.0843. The summed E-state index contributed by atoms with van der Waals surface area (Å²) < 4.78 is 0. The van der Waals surface area contributed by atoms with E-state index in [9.17, 15) is 14.7 Å². The van der Waals surface area contributed by atoms with Crippen LogP contribution in [-0.2, 0) is 10.2 Å². The Kier molecular flexibility index (Phi) is 4.20. The molecule has 1 aromatic rings. The minimum Gasteiger partial charge on any atom is -0.481 e. The second-order valence-corrected chi connectivity index (χ2v) is 10.9. The van der Waals surface area contributed by atoms with Crippen LogP contribution < -0.4 is 5.32 Å². The molecule has 4 bridgehead atoms. The Morgan fingerprint density at radius 3 is 2.23 bits per heavy atom. The molecule has 1 heterocycles. The second kappa shape index (κ2) is 6.73. The lowest BCUT2D eigenvalue weighted by Gasteiger charge is -2.54. The van der Waals surface area contributed by atoms with Crippen LogP contribution in [0.2, 0.25) is 0 Å². The molecule has 6 aliphatic rings. The van der Waals surface area contributed by atoms with E-state index in [0.717, 1.165) is 43.3 Å². The van der Waals surface area contributed by atoms with Crippen molar-refractivity contribution in [2.75, 3.05) is 13.1 Å². The molecule has 7 rings (SSSR count). The van der Waals surface area contributed by atoms with Gasteiger partial charge in [0.25, 0.3) is 0 Å². The highest BCUT2D eigenvalue weighted by Crippen LogP contribution is 2.54. The van der Waals surface area contributed by atoms with Gasteiger partial charge in [0.15, 0.2) is 0 Å². The number of nitrogens with one attached hydrogen (secondary N) is 1. The summed E-state index contributed by atoms with van der Waals surface area (Å²) in [5.74, 6) is 2.09. The number of benzene rings is 1. The van der Waals surface area contributed by atoms with Gasteiger partial charge in [0.1, 0.15) is 0 Å². The molecule has 2 N–H and O–H groups in total. The first-order valence-electron chi connectivity index (χ1n) is 11.9. The Balaban J connectivity index is 1.13. The van der Waals surface area contributed by atoms with Gasteiger partial charge in [-0.3, -0.25) is 4.79 Å². The van der Waals surface area contributed by atoms with Gasteiger partial charge in [0.05, 0.1) is 5.92 Å². The maximum absolute atomic E-state index is 13.1. The summed E-state index contributed by atoms with van der Waals surface area (Å²) in [6.45, 7) is 1.44. The summed E-state index contributed by atoms with van der Waals surface area (Å²) in [5.41, 5.74) is 2.11. The monoisotopic (exact) mass is 408 g/mol. The van der Waals surface area contributed by atoms with E-state index in [1.807, 2.05) is 23.1 Å². The van der Waals surface area contributed by atoms with E-state index in [-0.39, 0.29) is 11.4 Å². The third kappa shape index (κ3) is 2.80. The summed E-state index contributed by atoms with van der Waals surface area (Å²) in [7, 11) is 0. The van der Waals surface area contributed by atoms with Gasteiger partial charge in [-0.05, 0) is 86.2 Å². The minimum atomic E-state index is -0.721. The van der Waals surface area contributed by atoms with Crippen molar-refractivity contribution in [3.05, 3.63) is 35.4 Å². The number of carbonyl (C=O) groups excluding carboxylic acids is 1. The van der Waals surface area contributed by atoms with Crippen molar-refractivity contribution in [2.45, 2.75) is 68.7 Å². The standard InChI is InChI=1S/C25H32N2O3/c28-23(29)20-14-25(21-4-2-1-3-19(20)21)5-7-27(8-6-25)24(30)26-22-17-10-15-9-16(12-17)13-18(22)11-15/h1-4,15-18,20,22H,5-14H2,(H,26,30)(H,28,29)/t15?,16?,17?,18?,20-,22?/m1/s1. The number of aliphatic carboxylic acids is 1. The van der Waals surface area contributed by atoms with Crippen LogP contribution in [0, 0.1) is 23.7 Å². The van der Waals surface area contributed by atoms with Gasteiger partial charge in [-0.1, -0.05) is 24.3 Å². The number of urea groups is 1. The van der Waals surface area contributed by atoms with Crippen molar-refractivity contribution >= 4 is 12.0 Å². The van der Waals surface area contributed by atoms with Crippen molar-refractivity contribution in [1.82, 2.24) is 10.2 Å². The molecule has 0 radical (unpaired) electrons. The number of carboxylic acid groups (broad SMARTS) is 1. The highest BCUT2D eigenvalue weighted by atomic mass is 16.4. The van der Waals surface area contributed by atoms with Crippen molar-refractivity contribution in [3.8, 4) is 0 Å². The van der Waals surface area contributed by atoms with Gasteiger partial charge in [0, 0.05) is 24.5 Å². The largest absolute Gasteiger partial charge is 0.481 e. The van der Waals surface area contributed by atoms with Crippen molar-refractivity contribution in [3.63, 3.8) is 0 Å². The van der Waals surface area contributed by atoms with Crippen molar-refractivity contribution < 1.29 is 14.7 Å². The molecule has 5 aliphatic carbocycles. The molecule has 4 saturated carbocycles. The molecule has 1 aromatic carbocycles. The van der Waals surface area contributed by atoms with Gasteiger partial charge >= 0.3 is 12.0 Å². The van der Waals surface area contributed by atoms with Crippen LogP contribution in [0.4, 0.5) is 4.79 Å². The van der Waals surface area contributed by atoms with Crippen LogP contribution in [0.5, 0.6) is 0 Å². The van der Waals surface area contributed by atoms with Gasteiger partial charge in [-0.15, -0.1) is 0 Å². The number of rotatable bonds is 2. The smallest absolute Gasteiger partial charge is 0.317 e. The predicted octanol–water partition coefficient (Wildman–Crippen LogP) is 4.13. The van der Waals surface area contributed by atoms with E-state index >= 15 is 0 Å². The summed E-state index contributed by atoms with van der Waals surface area (Å²) in [6.07, 6.45) is 9.09. The molecule has 2 amide bonds. The molecule has 160 valence electrons. The van der Waals surface area contributed by atoms with Crippen molar-refractivity contribution in [2.24, 2.45) is 23.7 Å². The first-order chi connectivity index (χ1) is 14.5. The lowest BCUT2D eigenvalue weighted by Crippen LogP contribution is -2.59. The van der Waals surface area contributed by atoms with E-state index in [2.05, 4.69) is 11.4 Å². The number of amides is 2. The van der Waals surface area contributed by atoms with Crippen LogP contribution in [-0.4, -0.2) is 41.1 Å². The van der Waals surface area contributed by atoms with Crippen LogP contribution in [0.1, 0.15) is 68.4 Å². The number of fused-ring (bicyclic) bond motifs is 2. The molecule has 1 atom stereocenters.